The highest BCUT2D eigenvalue weighted by atomic mass is 16.6. The molecule has 5 nitrogen and oxygen atoms in total. The van der Waals surface area contributed by atoms with Gasteiger partial charge in [0.2, 0.25) is 0 Å². The number of piperidine rings is 1. The van der Waals surface area contributed by atoms with E-state index in [1.165, 1.54) is 0 Å². The molecular formula is C21H27NO4. The molecule has 5 heteroatoms. The molecule has 0 radical (unpaired) electrons. The summed E-state index contributed by atoms with van der Waals surface area (Å²) >= 11 is 0. The number of nitrogens with zero attached hydrogens (tertiary/aromatic N) is 1. The molecule has 0 aromatic heterocycles. The van der Waals surface area contributed by atoms with Gasteiger partial charge in [0.25, 0.3) is 0 Å². The number of hydrogen-bond donors (Lipinski definition) is 0. The molecule has 2 aliphatic heterocycles. The van der Waals surface area contributed by atoms with Crippen molar-refractivity contribution in [2.45, 2.75) is 51.3 Å². The summed E-state index contributed by atoms with van der Waals surface area (Å²) in [5.74, 6) is 0.0297. The molecule has 2 atom stereocenters. The van der Waals surface area contributed by atoms with Crippen LogP contribution in [0.25, 0.3) is 6.08 Å². The van der Waals surface area contributed by atoms with E-state index in [9.17, 15) is 9.59 Å². The lowest BCUT2D eigenvalue weighted by Crippen LogP contribution is -2.60. The Labute approximate surface area is 155 Å². The van der Waals surface area contributed by atoms with E-state index in [0.29, 0.717) is 31.6 Å². The van der Waals surface area contributed by atoms with Gasteiger partial charge in [-0.15, -0.1) is 0 Å². The van der Waals surface area contributed by atoms with Gasteiger partial charge in [0.05, 0.1) is 25.3 Å². The van der Waals surface area contributed by atoms with Gasteiger partial charge >= 0.3 is 6.09 Å². The number of fused-ring (bicyclic) bond motifs is 2. The molecule has 2 fully saturated rings. The highest BCUT2D eigenvalue weighted by Gasteiger charge is 2.45. The zero-order valence-electron chi connectivity index (χ0n) is 15.7. The molecule has 140 valence electrons. The first-order chi connectivity index (χ1) is 12.3. The minimum absolute atomic E-state index is 0.104. The number of Topliss-reactive ketones (excluding diaryl/α,β-unsaturated/α-hetero) is 1. The third-order valence-corrected chi connectivity index (χ3v) is 4.90. The van der Waals surface area contributed by atoms with Crippen LogP contribution in [0.15, 0.2) is 30.8 Å². The Bertz CT molecular complexity index is 692. The zero-order valence-corrected chi connectivity index (χ0v) is 15.7. The number of rotatable bonds is 3. The lowest BCUT2D eigenvalue weighted by Gasteiger charge is -2.47. The fraction of sp³-hybridized carbons (Fsp3) is 0.524. The maximum Gasteiger partial charge on any atom is 0.410 e. The summed E-state index contributed by atoms with van der Waals surface area (Å²) in [6, 6.07) is 7.30. The van der Waals surface area contributed by atoms with Crippen molar-refractivity contribution in [1.82, 2.24) is 4.90 Å². The van der Waals surface area contributed by atoms with E-state index in [1.807, 2.05) is 45.0 Å². The highest BCUT2D eigenvalue weighted by molar-refractivity contribution is 5.98. The van der Waals surface area contributed by atoms with Gasteiger partial charge in [0.1, 0.15) is 5.60 Å². The van der Waals surface area contributed by atoms with Crippen LogP contribution in [0.1, 0.15) is 49.5 Å². The Morgan fingerprint density at radius 3 is 2.46 bits per heavy atom. The van der Waals surface area contributed by atoms with Gasteiger partial charge in [-0.05, 0) is 45.2 Å². The lowest BCUT2D eigenvalue weighted by atomic mass is 9.80. The van der Waals surface area contributed by atoms with Crippen molar-refractivity contribution in [2.75, 3.05) is 13.2 Å². The van der Waals surface area contributed by atoms with Crippen LogP contribution in [0.4, 0.5) is 4.79 Å². The SMILES string of the molecule is C=Cc1cccc(C(=O)C2CC3COCC(C2)N3C(=O)OC(C)(C)C)c1. The summed E-state index contributed by atoms with van der Waals surface area (Å²) in [7, 11) is 0. The number of morpholine rings is 1. The Morgan fingerprint density at radius 1 is 1.23 bits per heavy atom. The predicted octanol–water partition coefficient (Wildman–Crippen LogP) is 3.93. The monoisotopic (exact) mass is 357 g/mol. The van der Waals surface area contributed by atoms with Crippen molar-refractivity contribution in [3.05, 3.63) is 42.0 Å². The molecule has 2 aliphatic rings. The van der Waals surface area contributed by atoms with E-state index in [-0.39, 0.29) is 29.9 Å². The number of ether oxygens (including phenoxy) is 2. The van der Waals surface area contributed by atoms with Crippen LogP contribution in [-0.4, -0.2) is 47.7 Å². The predicted molar refractivity (Wildman–Crippen MR) is 100 cm³/mol. The Hall–Kier alpha value is -2.14. The maximum atomic E-state index is 13.0. The second kappa shape index (κ2) is 7.23. The van der Waals surface area contributed by atoms with Crippen molar-refractivity contribution >= 4 is 18.0 Å². The van der Waals surface area contributed by atoms with Crippen LogP contribution in [-0.2, 0) is 9.47 Å². The Balaban J connectivity index is 1.75. The van der Waals surface area contributed by atoms with E-state index in [1.54, 1.807) is 11.0 Å². The maximum absolute atomic E-state index is 13.0. The van der Waals surface area contributed by atoms with Crippen molar-refractivity contribution in [3.8, 4) is 0 Å². The average molecular weight is 357 g/mol. The molecule has 26 heavy (non-hydrogen) atoms. The van der Waals surface area contributed by atoms with Crippen LogP contribution in [0.5, 0.6) is 0 Å². The third kappa shape index (κ3) is 3.98. The summed E-state index contributed by atoms with van der Waals surface area (Å²) < 4.78 is 11.2. The smallest absolute Gasteiger partial charge is 0.410 e. The number of hydrogen-bond acceptors (Lipinski definition) is 4. The van der Waals surface area contributed by atoms with Gasteiger partial charge in [0, 0.05) is 11.5 Å². The molecule has 1 aromatic carbocycles. The fourth-order valence-corrected chi connectivity index (χ4v) is 3.80. The number of carbonyl (C=O) groups is 2. The number of benzene rings is 1. The van der Waals surface area contributed by atoms with E-state index in [0.717, 1.165) is 5.56 Å². The molecule has 2 bridgehead atoms. The van der Waals surface area contributed by atoms with E-state index in [2.05, 4.69) is 6.58 Å². The summed E-state index contributed by atoms with van der Waals surface area (Å²) in [6.07, 6.45) is 2.64. The number of ketones is 1. The topological polar surface area (TPSA) is 55.8 Å². The van der Waals surface area contributed by atoms with Crippen LogP contribution >= 0.6 is 0 Å². The molecule has 2 heterocycles. The van der Waals surface area contributed by atoms with Crippen molar-refractivity contribution in [1.29, 1.82) is 0 Å². The largest absolute Gasteiger partial charge is 0.444 e. The zero-order chi connectivity index (χ0) is 18.9. The molecule has 0 N–H and O–H groups in total. The Kier molecular flexibility index (Phi) is 5.19. The average Bonchev–Trinajstić information content (AvgIpc) is 2.58. The fourth-order valence-electron chi connectivity index (χ4n) is 3.80. The standard InChI is InChI=1S/C21H27NO4/c1-5-14-7-6-8-15(9-14)19(23)16-10-17-12-25-13-18(11-16)22(17)20(24)26-21(2,3)4/h5-9,16-18H,1,10-13H2,2-4H3. The van der Waals surface area contributed by atoms with E-state index >= 15 is 0 Å². The van der Waals surface area contributed by atoms with E-state index < -0.39 is 5.60 Å². The number of carbonyl (C=O) groups excluding carboxylic acids is 2. The molecule has 1 aromatic rings. The second-order valence-corrected chi connectivity index (χ2v) is 8.09. The van der Waals surface area contributed by atoms with Crippen molar-refractivity contribution in [2.24, 2.45) is 5.92 Å². The Morgan fingerprint density at radius 2 is 1.88 bits per heavy atom. The lowest BCUT2D eigenvalue weighted by molar-refractivity contribution is -0.0861. The van der Waals surface area contributed by atoms with Gasteiger partial charge in [-0.1, -0.05) is 30.9 Å². The second-order valence-electron chi connectivity index (χ2n) is 8.09. The molecule has 1 amide bonds. The van der Waals surface area contributed by atoms with Crippen molar-refractivity contribution in [3.63, 3.8) is 0 Å². The molecular weight excluding hydrogens is 330 g/mol. The number of amides is 1. The van der Waals surface area contributed by atoms with Gasteiger partial charge in [0.15, 0.2) is 5.78 Å². The summed E-state index contributed by atoms with van der Waals surface area (Å²) in [4.78, 5) is 27.4. The minimum Gasteiger partial charge on any atom is -0.444 e. The normalized spacial score (nSPS) is 25.5. The van der Waals surface area contributed by atoms with Gasteiger partial charge in [-0.25, -0.2) is 4.79 Å². The first-order valence-electron chi connectivity index (χ1n) is 9.14. The van der Waals surface area contributed by atoms with E-state index in [4.69, 9.17) is 9.47 Å². The van der Waals surface area contributed by atoms with Crippen LogP contribution in [0.2, 0.25) is 0 Å². The first-order valence-corrected chi connectivity index (χ1v) is 9.14. The van der Waals surface area contributed by atoms with Crippen molar-refractivity contribution < 1.29 is 19.1 Å². The molecule has 0 saturated carbocycles. The first kappa shape index (κ1) is 18.6. The molecule has 0 spiro atoms. The van der Waals surface area contributed by atoms with Crippen LogP contribution in [0.3, 0.4) is 0 Å². The van der Waals surface area contributed by atoms with Crippen LogP contribution < -0.4 is 0 Å². The summed E-state index contributed by atoms with van der Waals surface area (Å²) in [5.41, 5.74) is 1.10. The summed E-state index contributed by atoms with van der Waals surface area (Å²) in [6.45, 7) is 10.2. The summed E-state index contributed by atoms with van der Waals surface area (Å²) in [5, 5.41) is 0. The van der Waals surface area contributed by atoms with Gasteiger partial charge in [-0.3, -0.25) is 9.69 Å². The van der Waals surface area contributed by atoms with Crippen LogP contribution in [0, 0.1) is 5.92 Å². The molecule has 0 aliphatic carbocycles. The molecule has 2 saturated heterocycles. The molecule has 3 rings (SSSR count). The van der Waals surface area contributed by atoms with Gasteiger partial charge < -0.3 is 9.47 Å². The molecule has 2 unspecified atom stereocenters. The third-order valence-electron chi connectivity index (χ3n) is 4.90. The highest BCUT2D eigenvalue weighted by Crippen LogP contribution is 2.34. The minimum atomic E-state index is -0.538. The van der Waals surface area contributed by atoms with Gasteiger partial charge in [-0.2, -0.15) is 0 Å². The quantitative estimate of drug-likeness (QED) is 0.769.